The van der Waals surface area contributed by atoms with Crippen molar-refractivity contribution in [1.29, 1.82) is 0 Å². The van der Waals surface area contributed by atoms with Gasteiger partial charge in [0.1, 0.15) is 11.4 Å². The molecule has 22 heavy (non-hydrogen) atoms. The highest BCUT2D eigenvalue weighted by atomic mass is 16.6. The maximum atomic E-state index is 11.5. The Labute approximate surface area is 125 Å². The van der Waals surface area contributed by atoms with Crippen molar-refractivity contribution >= 4 is 35.3 Å². The van der Waals surface area contributed by atoms with E-state index in [1.807, 2.05) is 0 Å². The van der Waals surface area contributed by atoms with Crippen LogP contribution in [0.1, 0.15) is 25.7 Å². The molecule has 2 aliphatic heterocycles. The van der Waals surface area contributed by atoms with Crippen LogP contribution in [0.25, 0.3) is 0 Å². The van der Waals surface area contributed by atoms with Crippen molar-refractivity contribution in [2.45, 2.75) is 25.7 Å². The Kier molecular flexibility index (Phi) is 5.29. The zero-order chi connectivity index (χ0) is 15.9. The smallest absolute Gasteiger partial charge is 0.360 e. The summed E-state index contributed by atoms with van der Waals surface area (Å²) in [6.07, 6.45) is 3.86. The first kappa shape index (κ1) is 15.7. The van der Waals surface area contributed by atoms with Crippen LogP contribution in [-0.4, -0.2) is 48.4 Å². The number of rotatable bonds is 4. The minimum Gasteiger partial charge on any atom is -0.385 e. The van der Waals surface area contributed by atoms with Gasteiger partial charge in [-0.3, -0.25) is 9.98 Å². The number of aliphatic imine (C=N–C) groups is 2. The molecule has 0 unspecified atom stereocenters. The quantitative estimate of drug-likeness (QED) is 0.415. The molecule has 0 saturated heterocycles. The van der Waals surface area contributed by atoms with Crippen molar-refractivity contribution in [3.63, 3.8) is 0 Å². The van der Waals surface area contributed by atoms with E-state index in [-0.39, 0.29) is 11.4 Å². The molecule has 0 radical (unpaired) electrons. The minimum atomic E-state index is -1.03. The molecular weight excluding hydrogens is 292 g/mol. The summed E-state index contributed by atoms with van der Waals surface area (Å²) in [5.41, 5.74) is 0.414. The van der Waals surface area contributed by atoms with Crippen molar-refractivity contribution in [2.24, 2.45) is 9.98 Å². The number of carbonyl (C=O) groups is 4. The summed E-state index contributed by atoms with van der Waals surface area (Å²) in [4.78, 5) is 53.4. The molecule has 0 atom stereocenters. The van der Waals surface area contributed by atoms with Gasteiger partial charge in [-0.1, -0.05) is 0 Å². The number of hydrogen-bond acceptors (Lipinski definition) is 8. The largest absolute Gasteiger partial charge is 0.385 e. The average Bonchev–Trinajstić information content (AvgIpc) is 3.17. The maximum Gasteiger partial charge on any atom is 0.360 e. The molecule has 116 valence electrons. The number of nitrogens with zero attached hydrogens (tertiary/aromatic N) is 2. The van der Waals surface area contributed by atoms with Gasteiger partial charge in [-0.05, 0) is 25.7 Å². The number of esters is 4. The molecule has 0 N–H and O–H groups in total. The van der Waals surface area contributed by atoms with Crippen LogP contribution in [-0.2, 0) is 28.7 Å². The van der Waals surface area contributed by atoms with Crippen molar-refractivity contribution in [3.05, 3.63) is 12.2 Å². The highest BCUT2D eigenvalue weighted by Crippen LogP contribution is 2.06. The SMILES string of the molecule is O=C(/C=C/C(=O)OC(=O)C1=NCCC1)OC(=O)C1=NCCC1. The maximum absolute atomic E-state index is 11.5. The van der Waals surface area contributed by atoms with Crippen LogP contribution < -0.4 is 0 Å². The highest BCUT2D eigenvalue weighted by molar-refractivity contribution is 6.39. The van der Waals surface area contributed by atoms with Crippen LogP contribution in [0.3, 0.4) is 0 Å². The Morgan fingerprint density at radius 3 is 1.50 bits per heavy atom. The van der Waals surface area contributed by atoms with Crippen molar-refractivity contribution in [1.82, 2.24) is 0 Å². The lowest BCUT2D eigenvalue weighted by molar-refractivity contribution is -0.154. The molecule has 0 aromatic heterocycles. The van der Waals surface area contributed by atoms with Gasteiger partial charge in [0.05, 0.1) is 0 Å². The molecular formula is C14H14N2O6. The molecule has 8 nitrogen and oxygen atoms in total. The van der Waals surface area contributed by atoms with E-state index in [1.165, 1.54) is 0 Å². The van der Waals surface area contributed by atoms with Crippen LogP contribution in [0.4, 0.5) is 0 Å². The number of ether oxygens (including phenoxy) is 2. The van der Waals surface area contributed by atoms with Gasteiger partial charge >= 0.3 is 23.9 Å². The van der Waals surface area contributed by atoms with E-state index in [4.69, 9.17) is 0 Å². The van der Waals surface area contributed by atoms with Crippen LogP contribution in [0.15, 0.2) is 22.1 Å². The van der Waals surface area contributed by atoms with E-state index in [9.17, 15) is 19.2 Å². The average molecular weight is 306 g/mol. The van der Waals surface area contributed by atoms with Gasteiger partial charge in [0, 0.05) is 25.2 Å². The van der Waals surface area contributed by atoms with Crippen LogP contribution in [0.2, 0.25) is 0 Å². The predicted molar refractivity (Wildman–Crippen MR) is 74.4 cm³/mol. The summed E-state index contributed by atoms with van der Waals surface area (Å²) in [5, 5.41) is 0. The lowest BCUT2D eigenvalue weighted by atomic mass is 10.2. The van der Waals surface area contributed by atoms with Crippen LogP contribution in [0, 0.1) is 0 Å². The fraction of sp³-hybridized carbons (Fsp3) is 0.429. The Hall–Kier alpha value is -2.64. The zero-order valence-electron chi connectivity index (χ0n) is 11.7. The van der Waals surface area contributed by atoms with Crippen molar-refractivity contribution < 1.29 is 28.7 Å². The van der Waals surface area contributed by atoms with Gasteiger partial charge in [-0.15, -0.1) is 0 Å². The first-order valence-electron chi connectivity index (χ1n) is 6.83. The second-order valence-corrected chi connectivity index (χ2v) is 4.61. The van der Waals surface area contributed by atoms with Gasteiger partial charge in [-0.2, -0.15) is 0 Å². The van der Waals surface area contributed by atoms with E-state index >= 15 is 0 Å². The normalized spacial score (nSPS) is 17.1. The fourth-order valence-corrected chi connectivity index (χ4v) is 1.92. The van der Waals surface area contributed by atoms with Gasteiger partial charge in [0.15, 0.2) is 0 Å². The lowest BCUT2D eigenvalue weighted by Gasteiger charge is -1.99. The molecule has 0 aliphatic carbocycles. The van der Waals surface area contributed by atoms with Crippen molar-refractivity contribution in [3.8, 4) is 0 Å². The molecule has 0 aromatic carbocycles. The zero-order valence-corrected chi connectivity index (χ0v) is 11.7. The highest BCUT2D eigenvalue weighted by Gasteiger charge is 2.20. The third kappa shape index (κ3) is 4.44. The summed E-state index contributed by atoms with van der Waals surface area (Å²) in [6.45, 7) is 1.07. The number of hydrogen-bond donors (Lipinski definition) is 0. The van der Waals surface area contributed by atoms with Crippen molar-refractivity contribution in [2.75, 3.05) is 13.1 Å². The Bertz CT molecular complexity index is 550. The van der Waals surface area contributed by atoms with Gasteiger partial charge < -0.3 is 9.47 Å². The van der Waals surface area contributed by atoms with E-state index in [0.29, 0.717) is 25.9 Å². The summed E-state index contributed by atoms with van der Waals surface area (Å²) >= 11 is 0. The molecule has 0 aromatic rings. The topological polar surface area (TPSA) is 111 Å². The molecule has 0 bridgehead atoms. The monoisotopic (exact) mass is 306 g/mol. The number of carbonyl (C=O) groups excluding carboxylic acids is 4. The second kappa shape index (κ2) is 7.39. The summed E-state index contributed by atoms with van der Waals surface area (Å²) in [6, 6.07) is 0. The summed E-state index contributed by atoms with van der Waals surface area (Å²) < 4.78 is 8.96. The summed E-state index contributed by atoms with van der Waals surface area (Å²) in [7, 11) is 0. The molecule has 0 amide bonds. The molecule has 8 heteroatoms. The molecule has 0 saturated carbocycles. The molecule has 2 rings (SSSR count). The molecule has 2 aliphatic rings. The van der Waals surface area contributed by atoms with E-state index in [0.717, 1.165) is 25.0 Å². The molecule has 0 fully saturated rings. The summed E-state index contributed by atoms with van der Waals surface area (Å²) in [5.74, 6) is -3.70. The molecule has 0 spiro atoms. The second-order valence-electron chi connectivity index (χ2n) is 4.61. The third-order valence-electron chi connectivity index (χ3n) is 2.96. The standard InChI is InChI=1S/C14H14N2O6/c17-11(21-13(19)9-3-1-7-15-9)5-6-12(18)22-14(20)10-4-2-8-16-10/h5-6H,1-4,7-8H2/b6-5+. The van der Waals surface area contributed by atoms with Gasteiger partial charge in [-0.25, -0.2) is 19.2 Å². The van der Waals surface area contributed by atoms with Crippen LogP contribution in [0.5, 0.6) is 0 Å². The Morgan fingerprint density at radius 2 is 1.18 bits per heavy atom. The first-order valence-corrected chi connectivity index (χ1v) is 6.83. The van der Waals surface area contributed by atoms with E-state index in [1.54, 1.807) is 0 Å². The molecule has 2 heterocycles. The van der Waals surface area contributed by atoms with Crippen LogP contribution >= 0.6 is 0 Å². The van der Waals surface area contributed by atoms with Gasteiger partial charge in [0.2, 0.25) is 0 Å². The minimum absolute atomic E-state index is 0.207. The predicted octanol–water partition coefficient (Wildman–Crippen LogP) is 0.152. The van der Waals surface area contributed by atoms with Gasteiger partial charge in [0.25, 0.3) is 0 Å². The third-order valence-corrected chi connectivity index (χ3v) is 2.96. The fourth-order valence-electron chi connectivity index (χ4n) is 1.92. The van der Waals surface area contributed by atoms with E-state index in [2.05, 4.69) is 19.5 Å². The Morgan fingerprint density at radius 1 is 0.773 bits per heavy atom. The lowest BCUT2D eigenvalue weighted by Crippen LogP contribution is -2.20. The van der Waals surface area contributed by atoms with E-state index < -0.39 is 23.9 Å². The first-order chi connectivity index (χ1) is 10.6. The Balaban J connectivity index is 1.77.